The summed E-state index contributed by atoms with van der Waals surface area (Å²) in [5.74, 6) is 0.0514. The zero-order valence-electron chi connectivity index (χ0n) is 15.3. The van der Waals surface area contributed by atoms with Crippen molar-refractivity contribution in [2.24, 2.45) is 5.92 Å². The van der Waals surface area contributed by atoms with E-state index in [0.717, 1.165) is 5.65 Å². The second-order valence-corrected chi connectivity index (χ2v) is 6.77. The molecule has 0 aliphatic rings. The van der Waals surface area contributed by atoms with Gasteiger partial charge in [0.25, 0.3) is 5.91 Å². The maximum atomic E-state index is 13.1. The molecular weight excluding hydrogens is 304 g/mol. The van der Waals surface area contributed by atoms with E-state index in [1.807, 2.05) is 45.2 Å². The molecule has 0 aromatic carbocycles. The summed E-state index contributed by atoms with van der Waals surface area (Å²) in [6.07, 6.45) is 2.44. The first-order valence-electron chi connectivity index (χ1n) is 8.16. The zero-order valence-corrected chi connectivity index (χ0v) is 15.3. The summed E-state index contributed by atoms with van der Waals surface area (Å²) >= 11 is 0. The van der Waals surface area contributed by atoms with Gasteiger partial charge in [0.2, 0.25) is 5.91 Å². The first-order valence-corrected chi connectivity index (χ1v) is 8.16. The molecule has 0 aliphatic carbocycles. The largest absolute Gasteiger partial charge is 0.347 e. The highest BCUT2D eigenvalue weighted by atomic mass is 16.2. The van der Waals surface area contributed by atoms with Crippen molar-refractivity contribution < 1.29 is 9.59 Å². The number of carbonyl (C=O) groups is 2. The number of imidazole rings is 1. The van der Waals surface area contributed by atoms with Crippen LogP contribution in [-0.2, 0) is 4.79 Å². The number of hydrogen-bond donors (Lipinski definition) is 0. The summed E-state index contributed by atoms with van der Waals surface area (Å²) in [6, 6.07) is 5.12. The number of hydrogen-bond acceptors (Lipinski definition) is 3. The van der Waals surface area contributed by atoms with Crippen LogP contribution in [0.3, 0.4) is 0 Å². The van der Waals surface area contributed by atoms with Gasteiger partial charge in [-0.25, -0.2) is 4.98 Å². The highest BCUT2D eigenvalue weighted by Crippen LogP contribution is 2.18. The SMILES string of the molecule is Cc1nc2ccccn2c1C(=O)N(C)[C@H](CC(C)C)C(=O)N(C)C. The van der Waals surface area contributed by atoms with Gasteiger partial charge in [0.1, 0.15) is 17.4 Å². The van der Waals surface area contributed by atoms with Gasteiger partial charge < -0.3 is 9.80 Å². The minimum Gasteiger partial charge on any atom is -0.347 e. The number of rotatable bonds is 5. The van der Waals surface area contributed by atoms with Crippen LogP contribution < -0.4 is 0 Å². The lowest BCUT2D eigenvalue weighted by Gasteiger charge is -2.30. The molecule has 0 fully saturated rings. The summed E-state index contributed by atoms with van der Waals surface area (Å²) in [7, 11) is 5.12. The molecule has 2 aromatic rings. The molecule has 0 N–H and O–H groups in total. The normalized spacial score (nSPS) is 12.5. The summed E-state index contributed by atoms with van der Waals surface area (Å²) in [6.45, 7) is 5.92. The molecule has 0 saturated heterocycles. The van der Waals surface area contributed by atoms with Crippen molar-refractivity contribution >= 4 is 17.5 Å². The number of pyridine rings is 1. The molecule has 0 radical (unpaired) electrons. The van der Waals surface area contributed by atoms with Gasteiger partial charge >= 0.3 is 0 Å². The number of likely N-dealkylation sites (N-methyl/N-ethyl adjacent to an activating group) is 2. The molecule has 0 unspecified atom stereocenters. The number of fused-ring (bicyclic) bond motifs is 1. The van der Waals surface area contributed by atoms with Crippen molar-refractivity contribution in [2.75, 3.05) is 21.1 Å². The van der Waals surface area contributed by atoms with Crippen LogP contribution in [0.2, 0.25) is 0 Å². The van der Waals surface area contributed by atoms with Crippen molar-refractivity contribution in [3.8, 4) is 0 Å². The Bertz CT molecular complexity index is 749. The van der Waals surface area contributed by atoms with Crippen LogP contribution >= 0.6 is 0 Å². The predicted molar refractivity (Wildman–Crippen MR) is 94.0 cm³/mol. The number of amides is 2. The average molecular weight is 330 g/mol. The van der Waals surface area contributed by atoms with Crippen molar-refractivity contribution in [3.05, 3.63) is 35.8 Å². The summed E-state index contributed by atoms with van der Waals surface area (Å²) < 4.78 is 1.78. The summed E-state index contributed by atoms with van der Waals surface area (Å²) in [5, 5.41) is 0. The molecule has 1 atom stereocenters. The second-order valence-electron chi connectivity index (χ2n) is 6.77. The van der Waals surface area contributed by atoms with Crippen molar-refractivity contribution in [1.29, 1.82) is 0 Å². The molecule has 2 heterocycles. The third-order valence-corrected chi connectivity index (χ3v) is 4.12. The standard InChI is InChI=1S/C18H26N4O2/c1-12(2)11-14(17(23)20(4)5)21(6)18(24)16-13(3)19-15-9-7-8-10-22(15)16/h7-10,12,14H,11H2,1-6H3/t14-/m1/s1. The Labute approximate surface area is 143 Å². The van der Waals surface area contributed by atoms with Crippen LogP contribution in [0.1, 0.15) is 36.5 Å². The van der Waals surface area contributed by atoms with Gasteiger partial charge in [-0.2, -0.15) is 0 Å². The fourth-order valence-corrected chi connectivity index (χ4v) is 2.85. The Balaban J connectivity index is 2.41. The van der Waals surface area contributed by atoms with Crippen molar-refractivity contribution in [1.82, 2.24) is 19.2 Å². The van der Waals surface area contributed by atoms with Gasteiger partial charge in [0, 0.05) is 27.3 Å². The minimum atomic E-state index is -0.485. The molecule has 0 aliphatic heterocycles. The number of carbonyl (C=O) groups excluding carboxylic acids is 2. The highest BCUT2D eigenvalue weighted by molar-refractivity contribution is 5.97. The molecule has 130 valence electrons. The highest BCUT2D eigenvalue weighted by Gasteiger charge is 2.31. The van der Waals surface area contributed by atoms with E-state index in [-0.39, 0.29) is 11.8 Å². The Morgan fingerprint density at radius 3 is 2.46 bits per heavy atom. The Morgan fingerprint density at radius 1 is 1.21 bits per heavy atom. The maximum Gasteiger partial charge on any atom is 0.273 e. The Morgan fingerprint density at radius 2 is 1.88 bits per heavy atom. The monoisotopic (exact) mass is 330 g/mol. The number of aromatic nitrogens is 2. The molecule has 2 amide bonds. The van der Waals surface area contributed by atoms with E-state index < -0.39 is 6.04 Å². The minimum absolute atomic E-state index is 0.0639. The van der Waals surface area contributed by atoms with Crippen LogP contribution in [0.25, 0.3) is 5.65 Å². The van der Waals surface area contributed by atoms with E-state index in [4.69, 9.17) is 0 Å². The fourth-order valence-electron chi connectivity index (χ4n) is 2.85. The van der Waals surface area contributed by atoms with E-state index in [0.29, 0.717) is 23.7 Å². The quantitative estimate of drug-likeness (QED) is 0.844. The molecule has 24 heavy (non-hydrogen) atoms. The van der Waals surface area contributed by atoms with E-state index in [9.17, 15) is 9.59 Å². The van der Waals surface area contributed by atoms with E-state index in [1.165, 1.54) is 4.90 Å². The molecular formula is C18H26N4O2. The van der Waals surface area contributed by atoms with Crippen molar-refractivity contribution in [3.63, 3.8) is 0 Å². The van der Waals surface area contributed by atoms with Gasteiger partial charge in [0.15, 0.2) is 0 Å². The van der Waals surface area contributed by atoms with Crippen LogP contribution in [0.5, 0.6) is 0 Å². The van der Waals surface area contributed by atoms with Crippen LogP contribution in [0, 0.1) is 12.8 Å². The van der Waals surface area contributed by atoms with Gasteiger partial charge in [0.05, 0.1) is 5.69 Å². The van der Waals surface area contributed by atoms with Crippen LogP contribution in [0.4, 0.5) is 0 Å². The molecule has 0 spiro atoms. The van der Waals surface area contributed by atoms with E-state index in [1.54, 1.807) is 30.4 Å². The van der Waals surface area contributed by atoms with Crippen LogP contribution in [0.15, 0.2) is 24.4 Å². The molecule has 6 nitrogen and oxygen atoms in total. The third-order valence-electron chi connectivity index (χ3n) is 4.12. The lowest BCUT2D eigenvalue weighted by atomic mass is 10.0. The molecule has 0 bridgehead atoms. The Hall–Kier alpha value is -2.37. The second kappa shape index (κ2) is 7.03. The third kappa shape index (κ3) is 3.42. The lowest BCUT2D eigenvalue weighted by molar-refractivity contribution is -0.133. The number of nitrogens with zero attached hydrogens (tertiary/aromatic N) is 4. The smallest absolute Gasteiger partial charge is 0.273 e. The molecule has 2 aromatic heterocycles. The maximum absolute atomic E-state index is 13.1. The predicted octanol–water partition coefficient (Wildman–Crippen LogP) is 2.22. The Kier molecular flexibility index (Phi) is 5.26. The van der Waals surface area contributed by atoms with Gasteiger partial charge in [-0.3, -0.25) is 14.0 Å². The lowest BCUT2D eigenvalue weighted by Crippen LogP contribution is -2.48. The van der Waals surface area contributed by atoms with Crippen molar-refractivity contribution in [2.45, 2.75) is 33.2 Å². The number of aryl methyl sites for hydroxylation is 1. The fraction of sp³-hybridized carbons (Fsp3) is 0.500. The van der Waals surface area contributed by atoms with Gasteiger partial charge in [-0.15, -0.1) is 0 Å². The van der Waals surface area contributed by atoms with E-state index in [2.05, 4.69) is 4.98 Å². The molecule has 0 saturated carbocycles. The first kappa shape index (κ1) is 18.0. The van der Waals surface area contributed by atoms with Gasteiger partial charge in [-0.05, 0) is 31.4 Å². The molecule has 2 rings (SSSR count). The van der Waals surface area contributed by atoms with Crippen LogP contribution in [-0.4, -0.2) is 58.2 Å². The average Bonchev–Trinajstić information content (AvgIpc) is 2.86. The topological polar surface area (TPSA) is 57.9 Å². The zero-order chi connectivity index (χ0) is 18.0. The summed E-state index contributed by atoms with van der Waals surface area (Å²) in [5.41, 5.74) is 1.90. The summed E-state index contributed by atoms with van der Waals surface area (Å²) in [4.78, 5) is 33.2. The molecule has 6 heteroatoms. The van der Waals surface area contributed by atoms with Gasteiger partial charge in [-0.1, -0.05) is 19.9 Å². The van der Waals surface area contributed by atoms with E-state index >= 15 is 0 Å². The first-order chi connectivity index (χ1) is 11.2.